The van der Waals surface area contributed by atoms with Crippen molar-refractivity contribution in [3.8, 4) is 22.8 Å². The molecule has 0 saturated heterocycles. The Balaban J connectivity index is 1.65. The number of hydrogen-bond donors (Lipinski definition) is 1. The monoisotopic (exact) mass is 422 g/mol. The van der Waals surface area contributed by atoms with Gasteiger partial charge in [-0.15, -0.1) is 0 Å². The van der Waals surface area contributed by atoms with Crippen molar-refractivity contribution in [3.05, 3.63) is 59.1 Å². The van der Waals surface area contributed by atoms with Gasteiger partial charge in [0, 0.05) is 31.0 Å². The van der Waals surface area contributed by atoms with E-state index in [1.54, 1.807) is 6.07 Å². The fourth-order valence-corrected chi connectivity index (χ4v) is 2.86. The van der Waals surface area contributed by atoms with Crippen LogP contribution in [0.5, 0.6) is 11.5 Å². The van der Waals surface area contributed by atoms with Crippen molar-refractivity contribution in [3.63, 3.8) is 0 Å². The standard InChI is InChI=1S/C20H17ClF2N2O4/c1-27-16-9-15(17(28-2)8-13(16)21)25-19(26)5-6-20-24-10-18(29-20)12-4-3-11(22)7-14(12)23/h3-4,7-10H,5-6H2,1-2H3,(H,25,26). The zero-order valence-corrected chi connectivity index (χ0v) is 16.3. The largest absolute Gasteiger partial charge is 0.495 e. The van der Waals surface area contributed by atoms with E-state index in [9.17, 15) is 13.6 Å². The van der Waals surface area contributed by atoms with Gasteiger partial charge in [-0.25, -0.2) is 13.8 Å². The Bertz CT molecular complexity index is 1040. The molecular formula is C20H17ClF2N2O4. The third-order valence-corrected chi connectivity index (χ3v) is 4.36. The van der Waals surface area contributed by atoms with Crippen molar-refractivity contribution in [2.75, 3.05) is 19.5 Å². The number of benzene rings is 2. The molecule has 0 spiro atoms. The first kappa shape index (κ1) is 20.6. The highest BCUT2D eigenvalue weighted by Gasteiger charge is 2.15. The molecule has 1 amide bonds. The molecular weight excluding hydrogens is 406 g/mol. The summed E-state index contributed by atoms with van der Waals surface area (Å²) in [5.74, 6) is -0.580. The molecule has 3 rings (SSSR count). The van der Waals surface area contributed by atoms with E-state index in [0.29, 0.717) is 22.2 Å². The number of amides is 1. The van der Waals surface area contributed by atoms with E-state index in [2.05, 4.69) is 10.3 Å². The second kappa shape index (κ2) is 8.91. The number of nitrogens with zero attached hydrogens (tertiary/aromatic N) is 1. The van der Waals surface area contributed by atoms with Crippen molar-refractivity contribution < 1.29 is 27.5 Å². The van der Waals surface area contributed by atoms with Gasteiger partial charge in [0.05, 0.1) is 36.7 Å². The third-order valence-electron chi connectivity index (χ3n) is 4.06. The molecule has 0 unspecified atom stereocenters. The first-order valence-corrected chi connectivity index (χ1v) is 8.90. The fourth-order valence-electron chi connectivity index (χ4n) is 2.63. The molecule has 1 aromatic heterocycles. The Morgan fingerprint density at radius 3 is 2.62 bits per heavy atom. The van der Waals surface area contributed by atoms with Crippen molar-refractivity contribution in [1.29, 1.82) is 0 Å². The Kier molecular flexibility index (Phi) is 6.33. The first-order chi connectivity index (χ1) is 13.9. The molecule has 0 aliphatic rings. The second-order valence-corrected chi connectivity index (χ2v) is 6.38. The zero-order chi connectivity index (χ0) is 21.0. The fraction of sp³-hybridized carbons (Fsp3) is 0.200. The van der Waals surface area contributed by atoms with Gasteiger partial charge >= 0.3 is 0 Å². The number of anilines is 1. The summed E-state index contributed by atoms with van der Waals surface area (Å²) in [5.41, 5.74) is 0.493. The maximum Gasteiger partial charge on any atom is 0.224 e. The summed E-state index contributed by atoms with van der Waals surface area (Å²) in [6.45, 7) is 0. The van der Waals surface area contributed by atoms with E-state index < -0.39 is 11.6 Å². The van der Waals surface area contributed by atoms with Gasteiger partial charge in [0.2, 0.25) is 5.91 Å². The molecule has 0 atom stereocenters. The number of methoxy groups -OCH3 is 2. The van der Waals surface area contributed by atoms with E-state index >= 15 is 0 Å². The van der Waals surface area contributed by atoms with Crippen LogP contribution in [0.1, 0.15) is 12.3 Å². The van der Waals surface area contributed by atoms with E-state index in [1.165, 1.54) is 32.5 Å². The molecule has 0 saturated carbocycles. The van der Waals surface area contributed by atoms with Gasteiger partial charge in [-0.2, -0.15) is 0 Å². The van der Waals surface area contributed by atoms with E-state index in [4.69, 9.17) is 25.5 Å². The van der Waals surface area contributed by atoms with E-state index in [-0.39, 0.29) is 36.0 Å². The molecule has 1 heterocycles. The SMILES string of the molecule is COc1cc(NC(=O)CCc2ncc(-c3ccc(F)cc3F)o2)c(OC)cc1Cl. The van der Waals surface area contributed by atoms with Gasteiger partial charge in [0.15, 0.2) is 11.7 Å². The highest BCUT2D eigenvalue weighted by Crippen LogP contribution is 2.36. The normalized spacial score (nSPS) is 10.7. The third kappa shape index (κ3) is 4.83. The highest BCUT2D eigenvalue weighted by atomic mass is 35.5. The topological polar surface area (TPSA) is 73.6 Å². The molecule has 29 heavy (non-hydrogen) atoms. The molecule has 3 aromatic rings. The van der Waals surface area contributed by atoms with Gasteiger partial charge in [-0.3, -0.25) is 4.79 Å². The molecule has 6 nitrogen and oxygen atoms in total. The second-order valence-electron chi connectivity index (χ2n) is 5.98. The number of aromatic nitrogens is 1. The van der Waals surface area contributed by atoms with Crippen molar-refractivity contribution in [2.24, 2.45) is 0 Å². The number of hydrogen-bond acceptors (Lipinski definition) is 5. The van der Waals surface area contributed by atoms with Crippen LogP contribution in [0, 0.1) is 11.6 Å². The molecule has 0 aliphatic carbocycles. The van der Waals surface area contributed by atoms with Crippen LogP contribution in [-0.4, -0.2) is 25.1 Å². The predicted molar refractivity (Wildman–Crippen MR) is 103 cm³/mol. The molecule has 2 aromatic carbocycles. The lowest BCUT2D eigenvalue weighted by Crippen LogP contribution is -2.13. The van der Waals surface area contributed by atoms with Crippen molar-refractivity contribution >= 4 is 23.2 Å². The Morgan fingerprint density at radius 2 is 1.93 bits per heavy atom. The summed E-state index contributed by atoms with van der Waals surface area (Å²) in [4.78, 5) is 16.3. The van der Waals surface area contributed by atoms with Crippen molar-refractivity contribution in [1.82, 2.24) is 4.98 Å². The maximum atomic E-state index is 13.8. The van der Waals surface area contributed by atoms with Gasteiger partial charge in [0.25, 0.3) is 0 Å². The summed E-state index contributed by atoms with van der Waals surface area (Å²) in [6, 6.07) is 6.25. The van der Waals surface area contributed by atoms with Crippen LogP contribution < -0.4 is 14.8 Å². The lowest BCUT2D eigenvalue weighted by atomic mass is 10.2. The number of halogens is 3. The molecule has 0 aliphatic heterocycles. The zero-order valence-electron chi connectivity index (χ0n) is 15.6. The Morgan fingerprint density at radius 1 is 1.17 bits per heavy atom. The van der Waals surface area contributed by atoms with Gasteiger partial charge in [-0.1, -0.05) is 11.6 Å². The molecule has 152 valence electrons. The molecule has 0 radical (unpaired) electrons. The number of rotatable bonds is 7. The first-order valence-electron chi connectivity index (χ1n) is 8.52. The quantitative estimate of drug-likeness (QED) is 0.588. The van der Waals surface area contributed by atoms with Crippen LogP contribution in [0.25, 0.3) is 11.3 Å². The Labute approximate surface area is 170 Å². The molecule has 1 N–H and O–H groups in total. The average molecular weight is 423 g/mol. The number of carbonyl (C=O) groups is 1. The smallest absolute Gasteiger partial charge is 0.224 e. The summed E-state index contributed by atoms with van der Waals surface area (Å²) in [5, 5.41) is 3.06. The molecule has 0 fully saturated rings. The number of oxazole rings is 1. The minimum atomic E-state index is -0.755. The summed E-state index contributed by atoms with van der Waals surface area (Å²) >= 11 is 6.04. The van der Waals surface area contributed by atoms with Gasteiger partial charge in [-0.05, 0) is 12.1 Å². The van der Waals surface area contributed by atoms with Crippen LogP contribution in [0.2, 0.25) is 5.02 Å². The molecule has 0 bridgehead atoms. The van der Waals surface area contributed by atoms with Crippen molar-refractivity contribution in [2.45, 2.75) is 12.8 Å². The Hall–Kier alpha value is -3.13. The number of ether oxygens (including phenoxy) is 2. The van der Waals surface area contributed by atoms with Crippen LogP contribution in [0.4, 0.5) is 14.5 Å². The van der Waals surface area contributed by atoms with Crippen LogP contribution in [-0.2, 0) is 11.2 Å². The van der Waals surface area contributed by atoms with E-state index in [1.807, 2.05) is 0 Å². The number of aryl methyl sites for hydroxylation is 1. The molecule has 9 heteroatoms. The number of nitrogens with one attached hydrogen (secondary N) is 1. The maximum absolute atomic E-state index is 13.8. The average Bonchev–Trinajstić information content (AvgIpc) is 3.16. The predicted octanol–water partition coefficient (Wildman–Crippen LogP) is 4.86. The minimum absolute atomic E-state index is 0.0555. The lowest BCUT2D eigenvalue weighted by Gasteiger charge is -2.13. The highest BCUT2D eigenvalue weighted by molar-refractivity contribution is 6.32. The van der Waals surface area contributed by atoms with Gasteiger partial charge in [0.1, 0.15) is 23.1 Å². The lowest BCUT2D eigenvalue weighted by molar-refractivity contribution is -0.116. The minimum Gasteiger partial charge on any atom is -0.495 e. The van der Waals surface area contributed by atoms with E-state index in [0.717, 1.165) is 12.1 Å². The number of carbonyl (C=O) groups excluding carboxylic acids is 1. The van der Waals surface area contributed by atoms with Gasteiger partial charge < -0.3 is 19.2 Å². The van der Waals surface area contributed by atoms with Crippen LogP contribution in [0.3, 0.4) is 0 Å². The van der Waals surface area contributed by atoms with Crippen LogP contribution >= 0.6 is 11.6 Å². The summed E-state index contributed by atoms with van der Waals surface area (Å²) in [6.07, 6.45) is 1.57. The summed E-state index contributed by atoms with van der Waals surface area (Å²) in [7, 11) is 2.92. The van der Waals surface area contributed by atoms with Crippen LogP contribution in [0.15, 0.2) is 40.9 Å². The summed E-state index contributed by atoms with van der Waals surface area (Å²) < 4.78 is 42.7.